The Balaban J connectivity index is 1.97. The molecule has 0 bridgehead atoms. The Morgan fingerprint density at radius 1 is 0.963 bits per heavy atom. The second-order valence-electron chi connectivity index (χ2n) is 6.22. The number of nitrogens with zero attached hydrogens (tertiary/aromatic N) is 4. The number of aromatic nitrogens is 4. The Hall–Kier alpha value is -3.26. The summed E-state index contributed by atoms with van der Waals surface area (Å²) in [6.07, 6.45) is 1.08. The molecule has 136 valence electrons. The summed E-state index contributed by atoms with van der Waals surface area (Å²) in [5.74, 6) is 0.396. The Kier molecular flexibility index (Phi) is 4.12. The largest absolute Gasteiger partial charge is 0.383 e. The summed E-state index contributed by atoms with van der Waals surface area (Å²) in [5, 5.41) is 4.72. The van der Waals surface area contributed by atoms with Gasteiger partial charge in [0.15, 0.2) is 5.65 Å². The van der Waals surface area contributed by atoms with Crippen molar-refractivity contribution in [3.8, 4) is 11.3 Å². The molecule has 0 aliphatic carbocycles. The molecule has 2 N–H and O–H groups in total. The first kappa shape index (κ1) is 17.2. The van der Waals surface area contributed by atoms with Gasteiger partial charge in [-0.3, -0.25) is 0 Å². The van der Waals surface area contributed by atoms with Crippen LogP contribution in [0.2, 0.25) is 0 Å². The molecule has 8 heteroatoms. The normalized spacial score (nSPS) is 11.7. The monoisotopic (exact) mass is 379 g/mol. The fourth-order valence-electron chi connectivity index (χ4n) is 2.88. The van der Waals surface area contributed by atoms with E-state index in [-0.39, 0.29) is 10.8 Å². The molecule has 0 amide bonds. The van der Waals surface area contributed by atoms with Crippen LogP contribution in [0, 0.1) is 0 Å². The Bertz CT molecular complexity index is 1220. The number of sulfone groups is 1. The van der Waals surface area contributed by atoms with Gasteiger partial charge >= 0.3 is 0 Å². The van der Waals surface area contributed by atoms with Crippen LogP contribution < -0.4 is 5.73 Å². The number of rotatable bonds is 4. The lowest BCUT2D eigenvalue weighted by Gasteiger charge is -2.06. The average molecular weight is 379 g/mol. The molecule has 0 saturated carbocycles. The summed E-state index contributed by atoms with van der Waals surface area (Å²) >= 11 is 0. The highest BCUT2D eigenvalue weighted by Crippen LogP contribution is 2.31. The molecule has 4 rings (SSSR count). The molecule has 0 aliphatic rings. The highest BCUT2D eigenvalue weighted by atomic mass is 32.2. The highest BCUT2D eigenvalue weighted by molar-refractivity contribution is 7.90. The molecule has 4 aromatic rings. The summed E-state index contributed by atoms with van der Waals surface area (Å²) in [6.45, 7) is 0.450. The third-order valence-electron chi connectivity index (χ3n) is 4.17. The van der Waals surface area contributed by atoms with E-state index < -0.39 is 9.84 Å². The molecule has 2 heterocycles. The van der Waals surface area contributed by atoms with Gasteiger partial charge in [0.1, 0.15) is 5.82 Å². The number of benzene rings is 2. The van der Waals surface area contributed by atoms with Gasteiger partial charge < -0.3 is 5.73 Å². The van der Waals surface area contributed by atoms with Crippen LogP contribution in [0.3, 0.4) is 0 Å². The van der Waals surface area contributed by atoms with Gasteiger partial charge in [-0.05, 0) is 5.56 Å². The van der Waals surface area contributed by atoms with E-state index in [1.165, 1.54) is 0 Å². The molecule has 0 saturated heterocycles. The van der Waals surface area contributed by atoms with E-state index in [1.807, 2.05) is 60.7 Å². The van der Waals surface area contributed by atoms with Crippen molar-refractivity contribution in [3.63, 3.8) is 0 Å². The van der Waals surface area contributed by atoms with Crippen LogP contribution in [0.15, 0.2) is 65.8 Å². The molecule has 7 nitrogen and oxygen atoms in total. The first-order valence-electron chi connectivity index (χ1n) is 8.27. The summed E-state index contributed by atoms with van der Waals surface area (Å²) < 4.78 is 25.7. The van der Waals surface area contributed by atoms with Gasteiger partial charge in [-0.1, -0.05) is 60.7 Å². The summed E-state index contributed by atoms with van der Waals surface area (Å²) in [4.78, 5) is 8.44. The predicted molar refractivity (Wildman–Crippen MR) is 104 cm³/mol. The van der Waals surface area contributed by atoms with Gasteiger partial charge in [0.25, 0.3) is 0 Å². The summed E-state index contributed by atoms with van der Waals surface area (Å²) in [7, 11) is -3.60. The van der Waals surface area contributed by atoms with Crippen molar-refractivity contribution >= 4 is 26.7 Å². The van der Waals surface area contributed by atoms with Crippen LogP contribution in [-0.2, 0) is 16.4 Å². The molecule has 2 aromatic carbocycles. The summed E-state index contributed by atoms with van der Waals surface area (Å²) in [6, 6.07) is 19.0. The Morgan fingerprint density at radius 2 is 1.59 bits per heavy atom. The third kappa shape index (κ3) is 3.26. The van der Waals surface area contributed by atoms with E-state index in [2.05, 4.69) is 15.1 Å². The maximum Gasteiger partial charge on any atom is 0.249 e. The first-order chi connectivity index (χ1) is 12.9. The van der Waals surface area contributed by atoms with Crippen LogP contribution >= 0.6 is 0 Å². The van der Waals surface area contributed by atoms with Crippen LogP contribution in [-0.4, -0.2) is 34.4 Å². The van der Waals surface area contributed by atoms with Crippen molar-refractivity contribution < 1.29 is 8.42 Å². The van der Waals surface area contributed by atoms with Gasteiger partial charge in [-0.15, -0.1) is 5.10 Å². The van der Waals surface area contributed by atoms with E-state index >= 15 is 0 Å². The van der Waals surface area contributed by atoms with Crippen LogP contribution in [0.1, 0.15) is 5.56 Å². The molecular weight excluding hydrogens is 362 g/mol. The number of nitrogen functional groups attached to an aromatic ring is 1. The van der Waals surface area contributed by atoms with Crippen molar-refractivity contribution in [2.24, 2.45) is 0 Å². The molecule has 2 aromatic heterocycles. The van der Waals surface area contributed by atoms with Crippen molar-refractivity contribution in [3.05, 3.63) is 66.2 Å². The topological polar surface area (TPSA) is 104 Å². The van der Waals surface area contributed by atoms with E-state index in [0.717, 1.165) is 17.4 Å². The fraction of sp³-hybridized carbons (Fsp3) is 0.105. The third-order valence-corrected chi connectivity index (χ3v) is 5.02. The highest BCUT2D eigenvalue weighted by Gasteiger charge is 2.22. The first-order valence-corrected chi connectivity index (χ1v) is 10.2. The second-order valence-corrected chi connectivity index (χ2v) is 8.13. The smallest absolute Gasteiger partial charge is 0.249 e. The molecule has 0 atom stereocenters. The predicted octanol–water partition coefficient (Wildman–Crippen LogP) is 2.53. The van der Waals surface area contributed by atoms with Gasteiger partial charge in [0, 0.05) is 11.8 Å². The van der Waals surface area contributed by atoms with Gasteiger partial charge in [-0.2, -0.15) is 4.98 Å². The zero-order valence-corrected chi connectivity index (χ0v) is 15.4. The lowest BCUT2D eigenvalue weighted by Crippen LogP contribution is -2.06. The summed E-state index contributed by atoms with van der Waals surface area (Å²) in [5.41, 5.74) is 8.85. The van der Waals surface area contributed by atoms with Crippen LogP contribution in [0.5, 0.6) is 0 Å². The van der Waals surface area contributed by atoms with E-state index in [9.17, 15) is 8.42 Å². The quantitative estimate of drug-likeness (QED) is 0.547. The van der Waals surface area contributed by atoms with E-state index in [1.54, 1.807) is 4.68 Å². The standard InChI is InChI=1S/C19H17N5O2S/c1-27(25,26)19-21-16(14-10-6-3-7-11-14)15-17(20)24(23-18(15)22-19)12-13-8-4-2-5-9-13/h2-11H,12,20H2,1H3. The number of anilines is 1. The van der Waals surface area contributed by atoms with E-state index in [0.29, 0.717) is 23.4 Å². The Labute approximate surface area is 156 Å². The number of fused-ring (bicyclic) bond motifs is 1. The molecule has 0 aliphatic heterocycles. The maximum atomic E-state index is 12.1. The minimum atomic E-state index is -3.60. The number of hydrogen-bond donors (Lipinski definition) is 1. The fourth-order valence-corrected chi connectivity index (χ4v) is 3.39. The molecule has 0 unspecified atom stereocenters. The van der Waals surface area contributed by atoms with Crippen molar-refractivity contribution in [2.75, 3.05) is 12.0 Å². The van der Waals surface area contributed by atoms with Gasteiger partial charge in [0.2, 0.25) is 15.0 Å². The van der Waals surface area contributed by atoms with Crippen LogP contribution in [0.25, 0.3) is 22.3 Å². The lowest BCUT2D eigenvalue weighted by molar-refractivity contribution is 0.593. The SMILES string of the molecule is CS(=O)(=O)c1nc(-c2ccccc2)c2c(N)n(Cc3ccccc3)nc2n1. The zero-order chi connectivity index (χ0) is 19.0. The maximum absolute atomic E-state index is 12.1. The minimum Gasteiger partial charge on any atom is -0.383 e. The minimum absolute atomic E-state index is 0.262. The number of nitrogens with two attached hydrogens (primary N) is 1. The molecule has 0 radical (unpaired) electrons. The van der Waals surface area contributed by atoms with Crippen molar-refractivity contribution in [1.82, 2.24) is 19.7 Å². The molecular formula is C19H17N5O2S. The zero-order valence-electron chi connectivity index (χ0n) is 14.6. The molecule has 27 heavy (non-hydrogen) atoms. The van der Waals surface area contributed by atoms with Crippen LogP contribution in [0.4, 0.5) is 5.82 Å². The lowest BCUT2D eigenvalue weighted by atomic mass is 10.1. The second kappa shape index (κ2) is 6.48. The van der Waals surface area contributed by atoms with Gasteiger partial charge in [-0.25, -0.2) is 18.1 Å². The van der Waals surface area contributed by atoms with Crippen molar-refractivity contribution in [2.45, 2.75) is 11.7 Å². The average Bonchev–Trinajstić information content (AvgIpc) is 2.97. The molecule has 0 spiro atoms. The number of hydrogen-bond acceptors (Lipinski definition) is 6. The van der Waals surface area contributed by atoms with Gasteiger partial charge in [0.05, 0.1) is 17.6 Å². The van der Waals surface area contributed by atoms with Crippen molar-refractivity contribution in [1.29, 1.82) is 0 Å². The molecule has 0 fully saturated rings. The van der Waals surface area contributed by atoms with E-state index in [4.69, 9.17) is 5.73 Å². The Morgan fingerprint density at radius 3 is 2.22 bits per heavy atom.